The molecule has 1 fully saturated rings. The van der Waals surface area contributed by atoms with Gasteiger partial charge < -0.3 is 11.1 Å². The van der Waals surface area contributed by atoms with Crippen molar-refractivity contribution in [2.24, 2.45) is 0 Å². The fourth-order valence-electron chi connectivity index (χ4n) is 1.85. The van der Waals surface area contributed by atoms with Gasteiger partial charge in [0.25, 0.3) is 5.91 Å². The molecule has 1 aromatic heterocycles. The summed E-state index contributed by atoms with van der Waals surface area (Å²) in [6, 6.07) is 3.16. The lowest BCUT2D eigenvalue weighted by atomic mass is 10.3. The molecule has 7 heteroatoms. The topological polar surface area (TPSA) is 71.2 Å². The van der Waals surface area contributed by atoms with E-state index in [9.17, 15) is 4.79 Å². The van der Waals surface area contributed by atoms with Crippen LogP contribution in [0.1, 0.15) is 10.5 Å². The van der Waals surface area contributed by atoms with Crippen molar-refractivity contribution in [1.29, 1.82) is 0 Å². The van der Waals surface area contributed by atoms with E-state index in [1.54, 1.807) is 12.1 Å². The van der Waals surface area contributed by atoms with Crippen molar-refractivity contribution in [2.75, 3.05) is 43.4 Å². The van der Waals surface area contributed by atoms with Gasteiger partial charge in [-0.2, -0.15) is 11.8 Å². The number of rotatable bonds is 4. The molecule has 0 saturated carbocycles. The predicted molar refractivity (Wildman–Crippen MR) is 79.8 cm³/mol. The van der Waals surface area contributed by atoms with E-state index >= 15 is 0 Å². The maximum absolute atomic E-state index is 11.9. The Morgan fingerprint density at radius 1 is 1.47 bits per heavy atom. The summed E-state index contributed by atoms with van der Waals surface area (Å²) in [6.45, 7) is 3.61. The average molecular weight is 301 g/mol. The van der Waals surface area contributed by atoms with Crippen molar-refractivity contribution < 1.29 is 4.79 Å². The fraction of sp³-hybridized carbons (Fsp3) is 0.500. The molecule has 2 rings (SSSR count). The molecule has 1 aromatic rings. The van der Waals surface area contributed by atoms with Crippen LogP contribution in [0.25, 0.3) is 0 Å². The normalized spacial score (nSPS) is 16.3. The lowest BCUT2D eigenvalue weighted by molar-refractivity contribution is 0.0944. The van der Waals surface area contributed by atoms with Crippen molar-refractivity contribution in [3.8, 4) is 0 Å². The number of pyridine rings is 1. The van der Waals surface area contributed by atoms with Gasteiger partial charge in [0.1, 0.15) is 11.5 Å². The number of nitrogens with one attached hydrogen (secondary N) is 1. The van der Waals surface area contributed by atoms with E-state index in [1.165, 1.54) is 0 Å². The number of hydrogen-bond acceptors (Lipinski definition) is 5. The van der Waals surface area contributed by atoms with Crippen LogP contribution < -0.4 is 11.1 Å². The molecule has 0 bridgehead atoms. The second-order valence-corrected chi connectivity index (χ2v) is 5.91. The molecule has 5 nitrogen and oxygen atoms in total. The minimum absolute atomic E-state index is 0.191. The van der Waals surface area contributed by atoms with Gasteiger partial charge >= 0.3 is 0 Å². The number of thioether (sulfide) groups is 1. The van der Waals surface area contributed by atoms with Crippen molar-refractivity contribution >= 4 is 35.1 Å². The largest absolute Gasteiger partial charge is 0.384 e. The standard InChI is InChI=1S/C12H17ClN4OS/c13-9-1-2-10(14)16-11(9)12(18)15-3-4-17-5-7-19-8-6-17/h1-2H,3-8H2,(H2,14,16)(H,15,18). The second kappa shape index (κ2) is 6.98. The zero-order valence-corrected chi connectivity index (χ0v) is 12.1. The summed E-state index contributed by atoms with van der Waals surface area (Å²) < 4.78 is 0. The highest BCUT2D eigenvalue weighted by Crippen LogP contribution is 2.14. The van der Waals surface area contributed by atoms with Crippen molar-refractivity contribution in [2.45, 2.75) is 0 Å². The Bertz CT molecular complexity index is 451. The maximum Gasteiger partial charge on any atom is 0.271 e. The van der Waals surface area contributed by atoms with Gasteiger partial charge in [-0.15, -0.1) is 0 Å². The van der Waals surface area contributed by atoms with Crippen molar-refractivity contribution in [3.05, 3.63) is 22.8 Å². The number of carbonyl (C=O) groups is 1. The predicted octanol–water partition coefficient (Wildman–Crippen LogP) is 1.10. The molecule has 0 unspecified atom stereocenters. The molecular weight excluding hydrogens is 284 g/mol. The van der Waals surface area contributed by atoms with E-state index in [4.69, 9.17) is 17.3 Å². The number of nitrogens with zero attached hydrogens (tertiary/aromatic N) is 2. The van der Waals surface area contributed by atoms with Gasteiger partial charge in [-0.25, -0.2) is 4.98 Å². The molecule has 2 heterocycles. The minimum Gasteiger partial charge on any atom is -0.384 e. The molecule has 0 spiro atoms. The monoisotopic (exact) mass is 300 g/mol. The van der Waals surface area contributed by atoms with E-state index in [1.807, 2.05) is 11.8 Å². The molecule has 0 radical (unpaired) electrons. The molecule has 1 amide bonds. The molecule has 3 N–H and O–H groups in total. The molecule has 0 aliphatic carbocycles. The van der Waals surface area contributed by atoms with E-state index in [-0.39, 0.29) is 11.6 Å². The number of carbonyl (C=O) groups excluding carboxylic acids is 1. The van der Waals surface area contributed by atoms with Gasteiger partial charge in [0.15, 0.2) is 0 Å². The number of anilines is 1. The number of hydrogen-bond donors (Lipinski definition) is 2. The fourth-order valence-corrected chi connectivity index (χ4v) is 3.02. The van der Waals surface area contributed by atoms with Crippen LogP contribution in [0, 0.1) is 0 Å². The van der Waals surface area contributed by atoms with E-state index in [2.05, 4.69) is 15.2 Å². The van der Waals surface area contributed by atoms with Crippen LogP contribution >= 0.6 is 23.4 Å². The van der Waals surface area contributed by atoms with E-state index < -0.39 is 0 Å². The first-order valence-electron chi connectivity index (χ1n) is 6.17. The molecule has 0 aromatic carbocycles. The summed E-state index contributed by atoms with van der Waals surface area (Å²) in [5.41, 5.74) is 5.74. The smallest absolute Gasteiger partial charge is 0.271 e. The summed E-state index contributed by atoms with van der Waals surface area (Å²) >= 11 is 7.90. The molecular formula is C12H17ClN4OS. The Labute approximate surface area is 121 Å². The third-order valence-electron chi connectivity index (χ3n) is 2.90. The molecule has 1 aliphatic heterocycles. The van der Waals surface area contributed by atoms with Crippen LogP contribution in [0.3, 0.4) is 0 Å². The van der Waals surface area contributed by atoms with Crippen LogP contribution in [0.2, 0.25) is 5.02 Å². The van der Waals surface area contributed by atoms with Crippen molar-refractivity contribution in [3.63, 3.8) is 0 Å². The number of halogens is 1. The van der Waals surface area contributed by atoms with Crippen LogP contribution in [-0.2, 0) is 0 Å². The van der Waals surface area contributed by atoms with Crippen LogP contribution in [-0.4, -0.2) is 53.5 Å². The van der Waals surface area contributed by atoms with Crippen LogP contribution in [0.4, 0.5) is 5.82 Å². The Morgan fingerprint density at radius 3 is 2.95 bits per heavy atom. The third kappa shape index (κ3) is 4.26. The second-order valence-electron chi connectivity index (χ2n) is 4.28. The lowest BCUT2D eigenvalue weighted by Crippen LogP contribution is -2.39. The average Bonchev–Trinajstić information content (AvgIpc) is 2.42. The van der Waals surface area contributed by atoms with Gasteiger partial charge in [0, 0.05) is 37.7 Å². The van der Waals surface area contributed by atoms with Gasteiger partial charge in [-0.1, -0.05) is 11.6 Å². The first kappa shape index (κ1) is 14.4. The van der Waals surface area contributed by atoms with Crippen LogP contribution in [0.5, 0.6) is 0 Å². The summed E-state index contributed by atoms with van der Waals surface area (Å²) in [6.07, 6.45) is 0. The molecule has 0 atom stereocenters. The van der Waals surface area contributed by atoms with Gasteiger partial charge in [0.2, 0.25) is 0 Å². The highest BCUT2D eigenvalue weighted by atomic mass is 35.5. The van der Waals surface area contributed by atoms with E-state index in [0.29, 0.717) is 17.4 Å². The SMILES string of the molecule is Nc1ccc(Cl)c(C(=O)NCCN2CCSCC2)n1. The lowest BCUT2D eigenvalue weighted by Gasteiger charge is -2.25. The van der Waals surface area contributed by atoms with Gasteiger partial charge in [-0.3, -0.25) is 9.69 Å². The summed E-state index contributed by atoms with van der Waals surface area (Å²) in [5.74, 6) is 2.35. The highest BCUT2D eigenvalue weighted by Gasteiger charge is 2.14. The zero-order valence-electron chi connectivity index (χ0n) is 10.6. The molecule has 104 valence electrons. The van der Waals surface area contributed by atoms with Crippen LogP contribution in [0.15, 0.2) is 12.1 Å². The Balaban J connectivity index is 1.82. The quantitative estimate of drug-likeness (QED) is 0.871. The maximum atomic E-state index is 11.9. The molecule has 19 heavy (non-hydrogen) atoms. The Hall–Kier alpha value is -0.980. The molecule has 1 aliphatic rings. The number of aromatic nitrogens is 1. The summed E-state index contributed by atoms with van der Waals surface area (Å²) in [7, 11) is 0. The first-order chi connectivity index (χ1) is 9.16. The summed E-state index contributed by atoms with van der Waals surface area (Å²) in [5, 5.41) is 3.14. The molecule has 1 saturated heterocycles. The Morgan fingerprint density at radius 2 is 2.21 bits per heavy atom. The number of amides is 1. The third-order valence-corrected chi connectivity index (χ3v) is 4.15. The van der Waals surface area contributed by atoms with E-state index in [0.717, 1.165) is 31.1 Å². The summed E-state index contributed by atoms with van der Waals surface area (Å²) in [4.78, 5) is 18.2. The van der Waals surface area contributed by atoms with Gasteiger partial charge in [-0.05, 0) is 12.1 Å². The Kier molecular flexibility index (Phi) is 5.30. The number of nitrogen functional groups attached to an aromatic ring is 1. The minimum atomic E-state index is -0.274. The first-order valence-corrected chi connectivity index (χ1v) is 7.70. The number of nitrogens with two attached hydrogens (primary N) is 1. The highest BCUT2D eigenvalue weighted by molar-refractivity contribution is 7.99. The van der Waals surface area contributed by atoms with Gasteiger partial charge in [0.05, 0.1) is 5.02 Å². The van der Waals surface area contributed by atoms with Crippen molar-refractivity contribution in [1.82, 2.24) is 15.2 Å². The zero-order chi connectivity index (χ0) is 13.7.